The molecule has 2 heterocycles. The van der Waals surface area contributed by atoms with Gasteiger partial charge in [-0.2, -0.15) is 18.8 Å². The van der Waals surface area contributed by atoms with Gasteiger partial charge in [-0.05, 0) is 54.8 Å². The summed E-state index contributed by atoms with van der Waals surface area (Å²) in [5, 5.41) is 14.8. The Balaban J connectivity index is 1.45. The molecule has 1 fully saturated rings. The molecule has 0 atom stereocenters. The zero-order chi connectivity index (χ0) is 28.2. The molecule has 1 aliphatic rings. The molecule has 0 unspecified atom stereocenters. The van der Waals surface area contributed by atoms with Crippen molar-refractivity contribution in [2.45, 2.75) is 24.9 Å². The third kappa shape index (κ3) is 5.87. The third-order valence-corrected chi connectivity index (χ3v) is 8.72. The number of likely N-dealkylation sites (tertiary alicyclic amines) is 1. The summed E-state index contributed by atoms with van der Waals surface area (Å²) in [7, 11) is -2.71. The van der Waals surface area contributed by atoms with Gasteiger partial charge in [0.05, 0.1) is 12.6 Å². The van der Waals surface area contributed by atoms with Crippen LogP contribution in [0, 0.1) is 11.3 Å². The summed E-state index contributed by atoms with van der Waals surface area (Å²) in [5.41, 5.74) is 8.02. The van der Waals surface area contributed by atoms with E-state index in [0.29, 0.717) is 48.7 Å². The second-order valence-electron chi connectivity index (χ2n) is 9.93. The predicted octanol–water partition coefficient (Wildman–Crippen LogP) is 4.76. The Labute approximate surface area is 234 Å². The summed E-state index contributed by atoms with van der Waals surface area (Å²) < 4.78 is 37.8. The van der Waals surface area contributed by atoms with Crippen LogP contribution in [0.5, 0.6) is 11.5 Å². The number of hydrogen-bond acceptors (Lipinski definition) is 8. The molecule has 206 valence electrons. The number of nitrogen functional groups attached to an aromatic ring is 1. The van der Waals surface area contributed by atoms with Gasteiger partial charge in [-0.15, -0.1) is 0 Å². The SMILES string of the molecule is COS(=O)(=O)CC1(n2nc(-c3ccc(Oc4ccccc4)cc3)c(C#N)c2N)CCN(Cc2ccccc2)CC1. The van der Waals surface area contributed by atoms with E-state index in [1.54, 1.807) is 16.8 Å². The van der Waals surface area contributed by atoms with E-state index >= 15 is 0 Å². The maximum absolute atomic E-state index is 12.8. The first kappa shape index (κ1) is 27.4. The highest BCUT2D eigenvalue weighted by Crippen LogP contribution is 2.38. The van der Waals surface area contributed by atoms with Crippen LogP contribution >= 0.6 is 0 Å². The summed E-state index contributed by atoms with van der Waals surface area (Å²) >= 11 is 0. The van der Waals surface area contributed by atoms with Crippen molar-refractivity contribution in [1.29, 1.82) is 5.26 Å². The monoisotopic (exact) mass is 557 g/mol. The molecular weight excluding hydrogens is 526 g/mol. The van der Waals surface area contributed by atoms with Gasteiger partial charge < -0.3 is 10.5 Å². The lowest BCUT2D eigenvalue weighted by Crippen LogP contribution is -2.50. The molecule has 2 N–H and O–H groups in total. The topological polar surface area (TPSA) is 123 Å². The zero-order valence-electron chi connectivity index (χ0n) is 22.2. The first-order valence-corrected chi connectivity index (χ1v) is 14.6. The highest BCUT2D eigenvalue weighted by molar-refractivity contribution is 7.86. The van der Waals surface area contributed by atoms with Crippen LogP contribution in [0.3, 0.4) is 0 Å². The van der Waals surface area contributed by atoms with Gasteiger partial charge in [-0.3, -0.25) is 9.08 Å². The molecule has 1 aliphatic heterocycles. The van der Waals surface area contributed by atoms with Crippen molar-refractivity contribution in [3.63, 3.8) is 0 Å². The van der Waals surface area contributed by atoms with E-state index in [0.717, 1.165) is 13.7 Å². The Hall–Kier alpha value is -4.17. The van der Waals surface area contributed by atoms with Crippen LogP contribution in [0.1, 0.15) is 24.0 Å². The fraction of sp³-hybridized carbons (Fsp3) is 0.267. The maximum atomic E-state index is 12.8. The van der Waals surface area contributed by atoms with Crippen molar-refractivity contribution in [3.05, 3.63) is 96.1 Å². The summed E-state index contributed by atoms with van der Waals surface area (Å²) in [6.07, 6.45) is 0.949. The number of nitrogens with two attached hydrogens (primary N) is 1. The molecule has 4 aromatic rings. The number of aromatic nitrogens is 2. The molecule has 1 aromatic heterocycles. The van der Waals surface area contributed by atoms with E-state index in [4.69, 9.17) is 19.8 Å². The highest BCUT2D eigenvalue weighted by Gasteiger charge is 2.43. The molecule has 10 heteroatoms. The molecule has 40 heavy (non-hydrogen) atoms. The average molecular weight is 558 g/mol. The molecule has 0 radical (unpaired) electrons. The average Bonchev–Trinajstić information content (AvgIpc) is 3.32. The standard InChI is InChI=1S/C30H31N5O4S/c1-38-40(36,37)22-30(16-18-34(19-17-30)21-23-8-4-2-5-9-23)35-29(32)27(20-31)28(33-35)24-12-14-26(15-13-24)39-25-10-6-3-7-11-25/h2-15H,16-19,21-22,32H2,1H3. The number of piperidine rings is 1. The first-order chi connectivity index (χ1) is 19.3. The van der Waals surface area contributed by atoms with Gasteiger partial charge in [0, 0.05) is 25.2 Å². The van der Waals surface area contributed by atoms with E-state index in [9.17, 15) is 13.7 Å². The first-order valence-electron chi connectivity index (χ1n) is 13.0. The third-order valence-electron chi connectivity index (χ3n) is 7.32. The molecular formula is C30H31N5O4S. The van der Waals surface area contributed by atoms with E-state index in [1.807, 2.05) is 60.7 Å². The van der Waals surface area contributed by atoms with Gasteiger partial charge in [0.1, 0.15) is 40.4 Å². The minimum Gasteiger partial charge on any atom is -0.457 e. The highest BCUT2D eigenvalue weighted by atomic mass is 32.2. The van der Waals surface area contributed by atoms with Crippen molar-refractivity contribution in [1.82, 2.24) is 14.7 Å². The number of benzene rings is 3. The van der Waals surface area contributed by atoms with Gasteiger partial charge in [-0.25, -0.2) is 4.68 Å². The van der Waals surface area contributed by atoms with Crippen LogP contribution in [-0.2, 0) is 26.4 Å². The van der Waals surface area contributed by atoms with Crippen LogP contribution in [0.2, 0.25) is 0 Å². The number of ether oxygens (including phenoxy) is 1. The van der Waals surface area contributed by atoms with Gasteiger partial charge in [0.2, 0.25) is 0 Å². The lowest BCUT2D eigenvalue weighted by Gasteiger charge is -2.42. The normalized spacial score (nSPS) is 15.4. The van der Waals surface area contributed by atoms with Gasteiger partial charge in [0.25, 0.3) is 10.1 Å². The van der Waals surface area contributed by atoms with E-state index < -0.39 is 15.7 Å². The Morgan fingerprint density at radius 1 is 0.950 bits per heavy atom. The number of para-hydroxylation sites is 1. The van der Waals surface area contributed by atoms with Crippen molar-refractivity contribution in [2.24, 2.45) is 0 Å². The quantitative estimate of drug-likeness (QED) is 0.292. The molecule has 9 nitrogen and oxygen atoms in total. The molecule has 0 spiro atoms. The fourth-order valence-corrected chi connectivity index (χ4v) is 6.37. The predicted molar refractivity (Wildman–Crippen MR) is 153 cm³/mol. The number of hydrogen-bond donors (Lipinski definition) is 1. The Morgan fingerprint density at radius 3 is 2.15 bits per heavy atom. The largest absolute Gasteiger partial charge is 0.457 e. The van der Waals surface area contributed by atoms with E-state index in [2.05, 4.69) is 23.1 Å². The molecule has 1 saturated heterocycles. The van der Waals surface area contributed by atoms with E-state index in [1.165, 1.54) is 5.56 Å². The summed E-state index contributed by atoms with van der Waals surface area (Å²) in [6.45, 7) is 2.03. The molecule has 3 aromatic carbocycles. The number of anilines is 1. The van der Waals surface area contributed by atoms with Crippen molar-refractivity contribution >= 4 is 15.9 Å². The summed E-state index contributed by atoms with van der Waals surface area (Å²) in [4.78, 5) is 2.28. The molecule has 0 saturated carbocycles. The Kier molecular flexibility index (Phi) is 7.89. The van der Waals surface area contributed by atoms with Crippen molar-refractivity contribution in [3.8, 4) is 28.8 Å². The molecule has 5 rings (SSSR count). The summed E-state index contributed by atoms with van der Waals surface area (Å²) in [5.74, 6) is 1.19. The van der Waals surface area contributed by atoms with Crippen molar-refractivity contribution < 1.29 is 17.3 Å². The van der Waals surface area contributed by atoms with Crippen LogP contribution < -0.4 is 10.5 Å². The second-order valence-corrected chi connectivity index (χ2v) is 11.7. The molecule has 0 aliphatic carbocycles. The maximum Gasteiger partial charge on any atom is 0.269 e. The number of rotatable bonds is 9. The van der Waals surface area contributed by atoms with Gasteiger partial charge in [0.15, 0.2) is 0 Å². The number of nitrogens with zero attached hydrogens (tertiary/aromatic N) is 4. The smallest absolute Gasteiger partial charge is 0.269 e. The Bertz CT molecular complexity index is 1590. The lowest BCUT2D eigenvalue weighted by atomic mass is 9.89. The summed E-state index contributed by atoms with van der Waals surface area (Å²) in [6, 6.07) is 29.0. The molecule has 0 bridgehead atoms. The second kappa shape index (κ2) is 11.5. The van der Waals surface area contributed by atoms with Crippen LogP contribution in [0.4, 0.5) is 5.82 Å². The van der Waals surface area contributed by atoms with Crippen LogP contribution in [-0.4, -0.2) is 49.1 Å². The lowest BCUT2D eigenvalue weighted by molar-refractivity contribution is 0.111. The minimum absolute atomic E-state index is 0.143. The van der Waals surface area contributed by atoms with Crippen molar-refractivity contribution in [2.75, 3.05) is 31.7 Å². The fourth-order valence-electron chi connectivity index (χ4n) is 5.18. The van der Waals surface area contributed by atoms with Crippen LogP contribution in [0.15, 0.2) is 84.9 Å². The van der Waals surface area contributed by atoms with Crippen LogP contribution in [0.25, 0.3) is 11.3 Å². The van der Waals surface area contributed by atoms with Gasteiger partial charge in [-0.1, -0.05) is 48.5 Å². The Morgan fingerprint density at radius 2 is 1.55 bits per heavy atom. The minimum atomic E-state index is -3.86. The van der Waals surface area contributed by atoms with Gasteiger partial charge >= 0.3 is 0 Å². The van der Waals surface area contributed by atoms with E-state index in [-0.39, 0.29) is 17.1 Å². The zero-order valence-corrected chi connectivity index (χ0v) is 23.0. The number of nitriles is 1. The molecule has 0 amide bonds.